The second kappa shape index (κ2) is 5.15. The number of rotatable bonds is 3. The largest absolute Gasteiger partial charge is 0.384 e. The molecule has 1 atom stereocenters. The Morgan fingerprint density at radius 2 is 2.05 bits per heavy atom. The maximum atomic E-state index is 10.9. The summed E-state index contributed by atoms with van der Waals surface area (Å²) in [6.07, 6.45) is 4.27. The first kappa shape index (κ1) is 13.4. The lowest BCUT2D eigenvalue weighted by Crippen LogP contribution is -2.30. The molecule has 2 aromatic heterocycles. The number of benzene rings is 1. The second-order valence-corrected chi connectivity index (χ2v) is 5.75. The Bertz CT molecular complexity index is 754. The van der Waals surface area contributed by atoms with Crippen molar-refractivity contribution in [1.82, 2.24) is 24.5 Å². The van der Waals surface area contributed by atoms with E-state index >= 15 is 0 Å². The predicted octanol–water partition coefficient (Wildman–Crippen LogP) is 1.22. The average Bonchev–Trinajstić information content (AvgIpc) is 3.12. The Morgan fingerprint density at radius 1 is 1.18 bits per heavy atom. The molecule has 3 heterocycles. The SMILES string of the molecule is O[C@@]1(c2ccccc2)CCN(Cc2nc3ncccn3n2)C1. The smallest absolute Gasteiger partial charge is 0.252 e. The summed E-state index contributed by atoms with van der Waals surface area (Å²) in [5, 5.41) is 15.3. The van der Waals surface area contributed by atoms with E-state index in [1.165, 1.54) is 0 Å². The third-order valence-electron chi connectivity index (χ3n) is 4.16. The molecule has 4 rings (SSSR count). The molecule has 1 saturated heterocycles. The maximum Gasteiger partial charge on any atom is 0.252 e. The van der Waals surface area contributed by atoms with Gasteiger partial charge in [-0.25, -0.2) is 9.50 Å². The van der Waals surface area contributed by atoms with E-state index in [0.29, 0.717) is 18.9 Å². The molecule has 1 fully saturated rings. The normalized spacial score (nSPS) is 22.4. The van der Waals surface area contributed by atoms with Crippen LogP contribution in [0, 0.1) is 0 Å². The molecule has 1 aliphatic heterocycles. The topological polar surface area (TPSA) is 66.5 Å². The number of hydrogen-bond acceptors (Lipinski definition) is 5. The summed E-state index contributed by atoms with van der Waals surface area (Å²) in [5.74, 6) is 1.34. The van der Waals surface area contributed by atoms with Crippen LogP contribution in [0.15, 0.2) is 48.8 Å². The van der Waals surface area contributed by atoms with Gasteiger partial charge in [0.1, 0.15) is 5.60 Å². The van der Waals surface area contributed by atoms with Gasteiger partial charge in [-0.15, -0.1) is 5.10 Å². The zero-order chi connectivity index (χ0) is 15.0. The van der Waals surface area contributed by atoms with Gasteiger partial charge < -0.3 is 5.11 Å². The number of likely N-dealkylation sites (tertiary alicyclic amines) is 1. The summed E-state index contributed by atoms with van der Waals surface area (Å²) >= 11 is 0. The van der Waals surface area contributed by atoms with Gasteiger partial charge >= 0.3 is 0 Å². The first-order valence-corrected chi connectivity index (χ1v) is 7.39. The Balaban J connectivity index is 1.51. The number of aromatic nitrogens is 4. The highest BCUT2D eigenvalue weighted by molar-refractivity contribution is 5.26. The van der Waals surface area contributed by atoms with E-state index in [1.54, 1.807) is 10.7 Å². The van der Waals surface area contributed by atoms with E-state index in [4.69, 9.17) is 0 Å². The van der Waals surface area contributed by atoms with E-state index in [2.05, 4.69) is 20.0 Å². The third kappa shape index (κ3) is 2.36. The van der Waals surface area contributed by atoms with Crippen molar-refractivity contribution in [2.45, 2.75) is 18.6 Å². The third-order valence-corrected chi connectivity index (χ3v) is 4.16. The minimum absolute atomic E-state index is 0.597. The van der Waals surface area contributed by atoms with E-state index in [0.717, 1.165) is 24.4 Å². The van der Waals surface area contributed by atoms with E-state index < -0.39 is 5.60 Å². The predicted molar refractivity (Wildman–Crippen MR) is 81.0 cm³/mol. The Morgan fingerprint density at radius 3 is 2.86 bits per heavy atom. The van der Waals surface area contributed by atoms with Gasteiger partial charge in [-0.05, 0) is 18.1 Å². The molecule has 0 bridgehead atoms. The van der Waals surface area contributed by atoms with Crippen molar-refractivity contribution < 1.29 is 5.11 Å². The summed E-state index contributed by atoms with van der Waals surface area (Å²) < 4.78 is 1.68. The van der Waals surface area contributed by atoms with Gasteiger partial charge in [0, 0.05) is 25.5 Å². The van der Waals surface area contributed by atoms with Gasteiger partial charge in [-0.2, -0.15) is 4.98 Å². The fourth-order valence-electron chi connectivity index (χ4n) is 3.03. The number of nitrogens with zero attached hydrogens (tertiary/aromatic N) is 5. The van der Waals surface area contributed by atoms with E-state index in [1.807, 2.05) is 42.6 Å². The van der Waals surface area contributed by atoms with Crippen LogP contribution in [0.5, 0.6) is 0 Å². The van der Waals surface area contributed by atoms with Crippen LogP contribution in [-0.2, 0) is 12.1 Å². The van der Waals surface area contributed by atoms with Crippen LogP contribution in [0.4, 0.5) is 0 Å². The Hall–Kier alpha value is -2.31. The summed E-state index contributed by atoms with van der Waals surface area (Å²) in [7, 11) is 0. The van der Waals surface area contributed by atoms with Crippen LogP contribution >= 0.6 is 0 Å². The van der Waals surface area contributed by atoms with Crippen LogP contribution in [0.1, 0.15) is 17.8 Å². The van der Waals surface area contributed by atoms with Gasteiger partial charge in [-0.1, -0.05) is 30.3 Å². The molecule has 6 heteroatoms. The lowest BCUT2D eigenvalue weighted by atomic mass is 9.93. The van der Waals surface area contributed by atoms with Gasteiger partial charge in [-0.3, -0.25) is 4.90 Å². The molecule has 0 unspecified atom stereocenters. The highest BCUT2D eigenvalue weighted by Gasteiger charge is 2.37. The first-order valence-electron chi connectivity index (χ1n) is 7.39. The summed E-state index contributed by atoms with van der Waals surface area (Å²) in [4.78, 5) is 10.8. The number of β-amino-alcohol motifs (C(OH)–C–C–N with tert-alkyl or cyclic N) is 1. The molecule has 0 saturated carbocycles. The molecule has 0 amide bonds. The maximum absolute atomic E-state index is 10.9. The van der Waals surface area contributed by atoms with E-state index in [-0.39, 0.29) is 0 Å². The summed E-state index contributed by atoms with van der Waals surface area (Å²) in [6, 6.07) is 11.7. The molecular formula is C16H17N5O. The van der Waals surface area contributed by atoms with Crippen molar-refractivity contribution in [2.24, 2.45) is 0 Å². The van der Waals surface area contributed by atoms with E-state index in [9.17, 15) is 5.11 Å². The molecule has 1 N–H and O–H groups in total. The fourth-order valence-corrected chi connectivity index (χ4v) is 3.03. The monoisotopic (exact) mass is 295 g/mol. The standard InChI is InChI=1S/C16H17N5O/c22-16(13-5-2-1-3-6-13)7-10-20(12-16)11-14-18-15-17-8-4-9-21(15)19-14/h1-6,8-9,22H,7,10-12H2/t16-/m0/s1. The van der Waals surface area contributed by atoms with Crippen molar-refractivity contribution in [1.29, 1.82) is 0 Å². The second-order valence-electron chi connectivity index (χ2n) is 5.75. The minimum Gasteiger partial charge on any atom is -0.384 e. The lowest BCUT2D eigenvalue weighted by Gasteiger charge is -2.23. The molecule has 0 radical (unpaired) electrons. The van der Waals surface area contributed by atoms with Crippen LogP contribution in [0.25, 0.3) is 5.78 Å². The van der Waals surface area contributed by atoms with Crippen molar-refractivity contribution in [3.8, 4) is 0 Å². The minimum atomic E-state index is -0.779. The Labute approximate surface area is 128 Å². The molecule has 1 aromatic carbocycles. The molecule has 112 valence electrons. The molecule has 22 heavy (non-hydrogen) atoms. The quantitative estimate of drug-likeness (QED) is 0.787. The summed E-state index contributed by atoms with van der Waals surface area (Å²) in [5.41, 5.74) is 0.195. The Kier molecular flexibility index (Phi) is 3.13. The van der Waals surface area contributed by atoms with Crippen LogP contribution < -0.4 is 0 Å². The molecular weight excluding hydrogens is 278 g/mol. The number of hydrogen-bond donors (Lipinski definition) is 1. The molecule has 1 aliphatic rings. The van der Waals surface area contributed by atoms with Crippen molar-refractivity contribution in [2.75, 3.05) is 13.1 Å². The molecule has 3 aromatic rings. The van der Waals surface area contributed by atoms with Gasteiger partial charge in [0.05, 0.1) is 6.54 Å². The number of aliphatic hydroxyl groups is 1. The van der Waals surface area contributed by atoms with Crippen LogP contribution in [-0.4, -0.2) is 42.7 Å². The average molecular weight is 295 g/mol. The van der Waals surface area contributed by atoms with Crippen LogP contribution in [0.2, 0.25) is 0 Å². The van der Waals surface area contributed by atoms with Crippen LogP contribution in [0.3, 0.4) is 0 Å². The van der Waals surface area contributed by atoms with Crippen molar-refractivity contribution >= 4 is 5.78 Å². The lowest BCUT2D eigenvalue weighted by molar-refractivity contribution is 0.0450. The van der Waals surface area contributed by atoms with Gasteiger partial charge in [0.2, 0.25) is 0 Å². The first-order chi connectivity index (χ1) is 10.7. The zero-order valence-electron chi connectivity index (χ0n) is 12.1. The molecule has 6 nitrogen and oxygen atoms in total. The fraction of sp³-hybridized carbons (Fsp3) is 0.312. The zero-order valence-corrected chi connectivity index (χ0v) is 12.1. The highest BCUT2D eigenvalue weighted by Crippen LogP contribution is 2.32. The number of fused-ring (bicyclic) bond motifs is 1. The molecule has 0 spiro atoms. The molecule has 0 aliphatic carbocycles. The van der Waals surface area contributed by atoms with Gasteiger partial charge in [0.25, 0.3) is 5.78 Å². The summed E-state index contributed by atoms with van der Waals surface area (Å²) in [6.45, 7) is 2.05. The highest BCUT2D eigenvalue weighted by atomic mass is 16.3. The van der Waals surface area contributed by atoms with Crippen molar-refractivity contribution in [3.63, 3.8) is 0 Å². The van der Waals surface area contributed by atoms with Gasteiger partial charge in [0.15, 0.2) is 5.82 Å². The van der Waals surface area contributed by atoms with Crippen molar-refractivity contribution in [3.05, 3.63) is 60.2 Å².